The van der Waals surface area contributed by atoms with E-state index in [0.717, 1.165) is 5.56 Å². The molecule has 1 aliphatic rings. The van der Waals surface area contributed by atoms with Gasteiger partial charge in [-0.25, -0.2) is 4.98 Å². The zero-order valence-corrected chi connectivity index (χ0v) is 15.7. The number of nitrogens with zero attached hydrogens (tertiary/aromatic N) is 2. The van der Waals surface area contributed by atoms with Crippen LogP contribution >= 0.6 is 0 Å². The second kappa shape index (κ2) is 8.49. The molecule has 0 atom stereocenters. The van der Waals surface area contributed by atoms with E-state index >= 15 is 0 Å². The number of likely N-dealkylation sites (N-methyl/N-ethyl adjacent to an activating group) is 1. The first-order valence-corrected chi connectivity index (χ1v) is 8.69. The Morgan fingerprint density at radius 1 is 1.29 bits per heavy atom. The summed E-state index contributed by atoms with van der Waals surface area (Å²) in [6, 6.07) is 10.5. The second-order valence-corrected chi connectivity index (χ2v) is 6.36. The molecule has 144 valence electrons. The maximum atomic E-state index is 12.6. The highest BCUT2D eigenvalue weighted by Gasteiger charge is 2.25. The Labute approximate surface area is 163 Å². The molecule has 1 aromatic heterocycles. The number of carbonyl (C=O) groups excluding carboxylic acids is 2. The van der Waals surface area contributed by atoms with E-state index in [2.05, 4.69) is 10.3 Å². The highest BCUT2D eigenvalue weighted by atomic mass is 16.5. The van der Waals surface area contributed by atoms with Crippen molar-refractivity contribution in [2.45, 2.75) is 0 Å². The summed E-state index contributed by atoms with van der Waals surface area (Å²) in [5, 5.41) is 13.2. The maximum Gasteiger partial charge on any atom is 0.250 e. The van der Waals surface area contributed by atoms with Crippen LogP contribution in [-0.2, 0) is 14.3 Å². The fourth-order valence-corrected chi connectivity index (χ4v) is 2.91. The SMILES string of the molecule is COCC(=O)Nc1ccc(C=CC(=O)C2=C(O)c3cccnc3N(C)C2)cc1. The Hall–Kier alpha value is -3.45. The van der Waals surface area contributed by atoms with E-state index in [-0.39, 0.29) is 30.6 Å². The molecule has 28 heavy (non-hydrogen) atoms. The Bertz CT molecular complexity index is 948. The summed E-state index contributed by atoms with van der Waals surface area (Å²) >= 11 is 0. The Morgan fingerprint density at radius 2 is 2.04 bits per heavy atom. The van der Waals surface area contributed by atoms with Crippen molar-refractivity contribution in [3.8, 4) is 0 Å². The molecule has 0 radical (unpaired) electrons. The molecule has 1 aromatic carbocycles. The number of pyridine rings is 1. The number of hydrogen-bond donors (Lipinski definition) is 2. The topological polar surface area (TPSA) is 91.8 Å². The molecule has 7 heteroatoms. The molecule has 0 saturated carbocycles. The lowest BCUT2D eigenvalue weighted by molar-refractivity contribution is -0.119. The third-order valence-corrected chi connectivity index (χ3v) is 4.28. The number of ketones is 1. The van der Waals surface area contributed by atoms with Gasteiger partial charge >= 0.3 is 0 Å². The van der Waals surface area contributed by atoms with Crippen LogP contribution in [0.25, 0.3) is 11.8 Å². The van der Waals surface area contributed by atoms with Crippen LogP contribution in [0, 0.1) is 0 Å². The van der Waals surface area contributed by atoms with Gasteiger partial charge in [0.05, 0.1) is 17.7 Å². The van der Waals surface area contributed by atoms with Gasteiger partial charge in [-0.05, 0) is 35.9 Å². The summed E-state index contributed by atoms with van der Waals surface area (Å²) < 4.78 is 4.77. The molecule has 2 aromatic rings. The fourth-order valence-electron chi connectivity index (χ4n) is 2.91. The van der Waals surface area contributed by atoms with Gasteiger partial charge in [0.1, 0.15) is 18.2 Å². The molecule has 0 saturated heterocycles. The number of anilines is 2. The third kappa shape index (κ3) is 4.27. The van der Waals surface area contributed by atoms with Crippen LogP contribution in [0.1, 0.15) is 11.1 Å². The molecule has 7 nitrogen and oxygen atoms in total. The van der Waals surface area contributed by atoms with Crippen molar-refractivity contribution in [2.24, 2.45) is 0 Å². The van der Waals surface area contributed by atoms with Crippen molar-refractivity contribution in [1.82, 2.24) is 4.98 Å². The quantitative estimate of drug-likeness (QED) is 0.750. The van der Waals surface area contributed by atoms with Gasteiger partial charge in [-0.3, -0.25) is 9.59 Å². The summed E-state index contributed by atoms with van der Waals surface area (Å²) in [5.74, 6) is 0.106. The van der Waals surface area contributed by atoms with E-state index in [9.17, 15) is 14.7 Å². The number of ether oxygens (including phenoxy) is 1. The average molecular weight is 379 g/mol. The molecule has 1 amide bonds. The van der Waals surface area contributed by atoms with E-state index in [1.165, 1.54) is 13.2 Å². The number of aliphatic hydroxyl groups is 1. The molecular formula is C21H21N3O4. The molecule has 2 heterocycles. The lowest BCUT2D eigenvalue weighted by atomic mass is 10.00. The first kappa shape index (κ1) is 19.3. The molecule has 1 aliphatic heterocycles. The minimum absolute atomic E-state index is 0.0120. The molecule has 0 aliphatic carbocycles. The zero-order valence-electron chi connectivity index (χ0n) is 15.7. The molecule has 0 unspecified atom stereocenters. The van der Waals surface area contributed by atoms with E-state index < -0.39 is 0 Å². The summed E-state index contributed by atoms with van der Waals surface area (Å²) in [7, 11) is 3.28. The molecule has 0 spiro atoms. The van der Waals surface area contributed by atoms with Crippen LogP contribution < -0.4 is 10.2 Å². The Kier molecular flexibility index (Phi) is 5.86. The number of amides is 1. The Morgan fingerprint density at radius 3 is 2.75 bits per heavy atom. The highest BCUT2D eigenvalue weighted by Crippen LogP contribution is 2.30. The van der Waals surface area contributed by atoms with Gasteiger partial charge in [0, 0.05) is 26.0 Å². The van der Waals surface area contributed by atoms with E-state index in [1.54, 1.807) is 48.7 Å². The smallest absolute Gasteiger partial charge is 0.250 e. The number of aliphatic hydroxyl groups excluding tert-OH is 1. The summed E-state index contributed by atoms with van der Waals surface area (Å²) in [6.07, 6.45) is 4.75. The van der Waals surface area contributed by atoms with Gasteiger partial charge in [-0.2, -0.15) is 0 Å². The largest absolute Gasteiger partial charge is 0.507 e. The van der Waals surface area contributed by atoms with Crippen LogP contribution in [0.4, 0.5) is 11.5 Å². The lowest BCUT2D eigenvalue weighted by Crippen LogP contribution is -2.29. The standard InChI is InChI=1S/C21H21N3O4/c1-24-12-17(20(27)16-4-3-11-22-21(16)24)18(25)10-7-14-5-8-15(9-6-14)23-19(26)13-28-2/h3-11,27H,12-13H2,1-2H3,(H,23,26). The number of benzene rings is 1. The van der Waals surface area contributed by atoms with Crippen molar-refractivity contribution >= 4 is 35.0 Å². The van der Waals surface area contributed by atoms with Gasteiger partial charge in [0.2, 0.25) is 5.91 Å². The summed E-state index contributed by atoms with van der Waals surface area (Å²) in [4.78, 5) is 30.2. The van der Waals surface area contributed by atoms with Crippen molar-refractivity contribution in [3.63, 3.8) is 0 Å². The van der Waals surface area contributed by atoms with Crippen LogP contribution in [0.5, 0.6) is 0 Å². The van der Waals surface area contributed by atoms with Crippen LogP contribution in [0.2, 0.25) is 0 Å². The molecule has 0 fully saturated rings. The number of carbonyl (C=O) groups is 2. The molecule has 3 rings (SSSR count). The lowest BCUT2D eigenvalue weighted by Gasteiger charge is -2.27. The van der Waals surface area contributed by atoms with Gasteiger partial charge in [0.15, 0.2) is 5.78 Å². The van der Waals surface area contributed by atoms with Crippen molar-refractivity contribution in [2.75, 3.05) is 37.5 Å². The van der Waals surface area contributed by atoms with Crippen molar-refractivity contribution in [1.29, 1.82) is 0 Å². The molecule has 0 bridgehead atoms. The number of rotatable bonds is 6. The monoisotopic (exact) mass is 379 g/mol. The van der Waals surface area contributed by atoms with Gasteiger partial charge in [-0.15, -0.1) is 0 Å². The Balaban J connectivity index is 1.73. The summed E-state index contributed by atoms with van der Waals surface area (Å²) in [6.45, 7) is 0.269. The number of fused-ring (bicyclic) bond motifs is 1. The number of hydrogen-bond acceptors (Lipinski definition) is 6. The summed E-state index contributed by atoms with van der Waals surface area (Å²) in [5.41, 5.74) is 2.31. The predicted molar refractivity (Wildman–Crippen MR) is 108 cm³/mol. The molecular weight excluding hydrogens is 358 g/mol. The van der Waals surface area contributed by atoms with E-state index in [4.69, 9.17) is 4.74 Å². The fraction of sp³-hybridized carbons (Fsp3) is 0.190. The first-order chi connectivity index (χ1) is 13.5. The maximum absolute atomic E-state index is 12.6. The van der Waals surface area contributed by atoms with Crippen LogP contribution in [0.15, 0.2) is 54.2 Å². The van der Waals surface area contributed by atoms with Crippen LogP contribution in [-0.4, -0.2) is 49.1 Å². The minimum Gasteiger partial charge on any atom is -0.507 e. The minimum atomic E-state index is -0.267. The molecule has 2 N–H and O–H groups in total. The predicted octanol–water partition coefficient (Wildman–Crippen LogP) is 2.67. The average Bonchev–Trinajstić information content (AvgIpc) is 2.70. The van der Waals surface area contributed by atoms with Crippen molar-refractivity contribution < 1.29 is 19.4 Å². The van der Waals surface area contributed by atoms with Gasteiger partial charge in [0.25, 0.3) is 0 Å². The zero-order chi connectivity index (χ0) is 20.1. The third-order valence-electron chi connectivity index (χ3n) is 4.28. The van der Waals surface area contributed by atoms with Gasteiger partial charge in [-0.1, -0.05) is 18.2 Å². The first-order valence-electron chi connectivity index (χ1n) is 8.69. The number of aromatic nitrogens is 1. The number of methoxy groups -OCH3 is 1. The van der Waals surface area contributed by atoms with E-state index in [1.807, 2.05) is 11.9 Å². The normalized spacial score (nSPS) is 13.6. The van der Waals surface area contributed by atoms with E-state index in [0.29, 0.717) is 22.6 Å². The number of nitrogens with one attached hydrogen (secondary N) is 1. The second-order valence-electron chi connectivity index (χ2n) is 6.36. The van der Waals surface area contributed by atoms with Crippen LogP contribution in [0.3, 0.4) is 0 Å². The number of allylic oxidation sites excluding steroid dienone is 1. The highest BCUT2D eigenvalue weighted by molar-refractivity contribution is 6.12. The van der Waals surface area contributed by atoms with Gasteiger partial charge < -0.3 is 20.1 Å². The van der Waals surface area contributed by atoms with Crippen molar-refractivity contribution in [3.05, 3.63) is 65.4 Å².